The maximum Gasteiger partial charge on any atom is 0.274 e. The van der Waals surface area contributed by atoms with Gasteiger partial charge < -0.3 is 0 Å². The van der Waals surface area contributed by atoms with Crippen LogP contribution in [0.2, 0.25) is 5.02 Å². The number of fused-ring (bicyclic) bond motifs is 1. The zero-order valence-electron chi connectivity index (χ0n) is 15.4. The fourth-order valence-electron chi connectivity index (χ4n) is 4.15. The lowest BCUT2D eigenvalue weighted by Gasteiger charge is -2.31. The molecule has 2 aromatic carbocycles. The number of nitrogens with zero attached hydrogens (tertiary/aromatic N) is 2. The average molecular weight is 397 g/mol. The van der Waals surface area contributed by atoms with Crippen molar-refractivity contribution in [3.8, 4) is 0 Å². The van der Waals surface area contributed by atoms with Crippen LogP contribution in [0, 0.1) is 11.8 Å². The minimum Gasteiger partial charge on any atom is -0.272 e. The van der Waals surface area contributed by atoms with Gasteiger partial charge in [0.15, 0.2) is 0 Å². The molecule has 2 atom stereocenters. The van der Waals surface area contributed by atoms with Crippen molar-refractivity contribution in [3.63, 3.8) is 0 Å². The first-order chi connectivity index (χ1) is 13.6. The van der Waals surface area contributed by atoms with Crippen LogP contribution < -0.4 is 0 Å². The van der Waals surface area contributed by atoms with Crippen molar-refractivity contribution in [2.45, 2.75) is 32.2 Å². The van der Waals surface area contributed by atoms with E-state index in [2.05, 4.69) is 0 Å². The molecular formula is C22H21ClN2O3. The average Bonchev–Trinajstić information content (AvgIpc) is 2.98. The molecule has 1 heterocycles. The largest absolute Gasteiger partial charge is 0.274 e. The molecular weight excluding hydrogens is 376 g/mol. The first kappa shape index (κ1) is 18.7. The number of halogens is 1. The van der Waals surface area contributed by atoms with Gasteiger partial charge in [0, 0.05) is 0 Å². The second kappa shape index (κ2) is 7.76. The van der Waals surface area contributed by atoms with Crippen LogP contribution in [0.15, 0.2) is 54.6 Å². The number of carbonyl (C=O) groups is 3. The van der Waals surface area contributed by atoms with Gasteiger partial charge in [-0.25, -0.2) is 5.01 Å². The van der Waals surface area contributed by atoms with Gasteiger partial charge in [0.1, 0.15) is 0 Å². The summed E-state index contributed by atoms with van der Waals surface area (Å²) in [7, 11) is 0. The van der Waals surface area contributed by atoms with E-state index in [1.54, 1.807) is 24.3 Å². The standard InChI is InChI=1S/C22H21ClN2O3/c23-19-13-7-6-12-18(19)20(26)24(14-15-8-2-1-3-9-15)25-21(27)16-10-4-5-11-17(16)22(25)28/h1-3,6-9,12-13,16-17H,4-5,10-11,14H2/t16-,17-/m0/s1. The lowest BCUT2D eigenvalue weighted by molar-refractivity contribution is -0.155. The molecule has 1 aliphatic carbocycles. The highest BCUT2D eigenvalue weighted by Crippen LogP contribution is 2.39. The van der Waals surface area contributed by atoms with Crippen LogP contribution >= 0.6 is 11.6 Å². The molecule has 5 nitrogen and oxygen atoms in total. The molecule has 1 aliphatic heterocycles. The molecule has 0 aromatic heterocycles. The summed E-state index contributed by atoms with van der Waals surface area (Å²) >= 11 is 6.23. The van der Waals surface area contributed by atoms with Crippen LogP contribution in [0.25, 0.3) is 0 Å². The normalized spacial score (nSPS) is 21.5. The van der Waals surface area contributed by atoms with E-state index in [0.717, 1.165) is 23.4 Å². The monoisotopic (exact) mass is 396 g/mol. The van der Waals surface area contributed by atoms with Crippen LogP contribution in [-0.4, -0.2) is 27.7 Å². The second-order valence-electron chi connectivity index (χ2n) is 7.31. The van der Waals surface area contributed by atoms with Gasteiger partial charge in [-0.15, -0.1) is 0 Å². The number of hydrogen-bond acceptors (Lipinski definition) is 3. The van der Waals surface area contributed by atoms with E-state index in [0.29, 0.717) is 17.9 Å². The van der Waals surface area contributed by atoms with Gasteiger partial charge in [-0.2, -0.15) is 5.01 Å². The van der Waals surface area contributed by atoms with Crippen molar-refractivity contribution in [3.05, 3.63) is 70.7 Å². The molecule has 0 radical (unpaired) electrons. The van der Waals surface area contributed by atoms with Gasteiger partial charge in [0.25, 0.3) is 17.7 Å². The molecule has 1 saturated heterocycles. The zero-order valence-corrected chi connectivity index (χ0v) is 16.1. The molecule has 0 bridgehead atoms. The van der Waals surface area contributed by atoms with E-state index in [1.807, 2.05) is 30.3 Å². The zero-order chi connectivity index (χ0) is 19.7. The molecule has 6 heteroatoms. The molecule has 1 saturated carbocycles. The Morgan fingerprint density at radius 1 is 0.929 bits per heavy atom. The first-order valence-electron chi connectivity index (χ1n) is 9.56. The fourth-order valence-corrected chi connectivity index (χ4v) is 4.36. The van der Waals surface area contributed by atoms with E-state index in [-0.39, 0.29) is 35.8 Å². The topological polar surface area (TPSA) is 57.7 Å². The summed E-state index contributed by atoms with van der Waals surface area (Å²) < 4.78 is 0. The maximum absolute atomic E-state index is 13.3. The summed E-state index contributed by atoms with van der Waals surface area (Å²) in [5.74, 6) is -1.64. The third kappa shape index (κ3) is 3.31. The number of hydrogen-bond donors (Lipinski definition) is 0. The van der Waals surface area contributed by atoms with Crippen molar-refractivity contribution >= 4 is 29.3 Å². The van der Waals surface area contributed by atoms with Gasteiger partial charge in [0.05, 0.1) is 29.0 Å². The molecule has 2 fully saturated rings. The second-order valence-corrected chi connectivity index (χ2v) is 7.72. The Morgan fingerprint density at radius 2 is 1.50 bits per heavy atom. The number of amides is 3. The van der Waals surface area contributed by atoms with Crippen molar-refractivity contribution in [2.24, 2.45) is 11.8 Å². The van der Waals surface area contributed by atoms with Crippen LogP contribution in [0.4, 0.5) is 0 Å². The Balaban J connectivity index is 1.72. The van der Waals surface area contributed by atoms with Crippen LogP contribution in [0.3, 0.4) is 0 Å². The van der Waals surface area contributed by atoms with Crippen LogP contribution in [0.1, 0.15) is 41.6 Å². The van der Waals surface area contributed by atoms with Crippen molar-refractivity contribution in [1.29, 1.82) is 0 Å². The third-order valence-electron chi connectivity index (χ3n) is 5.57. The number of benzene rings is 2. The highest BCUT2D eigenvalue weighted by atomic mass is 35.5. The summed E-state index contributed by atoms with van der Waals surface area (Å²) in [5.41, 5.74) is 1.11. The predicted octanol–water partition coefficient (Wildman–Crippen LogP) is 4.07. The van der Waals surface area contributed by atoms with E-state index >= 15 is 0 Å². The maximum atomic E-state index is 13.3. The van der Waals surface area contributed by atoms with Crippen molar-refractivity contribution < 1.29 is 14.4 Å². The Morgan fingerprint density at radius 3 is 2.11 bits per heavy atom. The molecule has 0 unspecified atom stereocenters. The van der Waals surface area contributed by atoms with E-state index in [1.165, 1.54) is 5.01 Å². The molecule has 2 aromatic rings. The Kier molecular flexibility index (Phi) is 5.18. The molecule has 4 rings (SSSR count). The summed E-state index contributed by atoms with van der Waals surface area (Å²) in [6.45, 7) is 0.127. The number of carbonyl (C=O) groups excluding carboxylic acids is 3. The van der Waals surface area contributed by atoms with Crippen LogP contribution in [-0.2, 0) is 16.1 Å². The predicted molar refractivity (Wildman–Crippen MR) is 105 cm³/mol. The number of imide groups is 1. The summed E-state index contributed by atoms with van der Waals surface area (Å²) in [6, 6.07) is 16.0. The van der Waals surface area contributed by atoms with Gasteiger partial charge >= 0.3 is 0 Å². The van der Waals surface area contributed by atoms with E-state index in [9.17, 15) is 14.4 Å². The Hall–Kier alpha value is -2.66. The van der Waals surface area contributed by atoms with E-state index in [4.69, 9.17) is 11.6 Å². The summed E-state index contributed by atoms with van der Waals surface area (Å²) in [6.07, 6.45) is 3.27. The summed E-state index contributed by atoms with van der Waals surface area (Å²) in [5, 5.41) is 2.64. The Bertz CT molecular complexity index is 891. The Labute approximate surface area is 168 Å². The van der Waals surface area contributed by atoms with E-state index < -0.39 is 5.91 Å². The minimum absolute atomic E-state index is 0.127. The lowest BCUT2D eigenvalue weighted by Crippen LogP contribution is -2.49. The first-order valence-corrected chi connectivity index (χ1v) is 9.94. The lowest BCUT2D eigenvalue weighted by atomic mass is 9.81. The van der Waals surface area contributed by atoms with Gasteiger partial charge in [-0.1, -0.05) is 66.9 Å². The number of rotatable bonds is 4. The molecule has 144 valence electrons. The van der Waals surface area contributed by atoms with Crippen LogP contribution in [0.5, 0.6) is 0 Å². The molecule has 2 aliphatic rings. The highest BCUT2D eigenvalue weighted by molar-refractivity contribution is 6.33. The van der Waals surface area contributed by atoms with Gasteiger partial charge in [-0.05, 0) is 30.5 Å². The fraction of sp³-hybridized carbons (Fsp3) is 0.318. The number of hydrazine groups is 1. The van der Waals surface area contributed by atoms with Gasteiger partial charge in [0.2, 0.25) is 0 Å². The molecule has 3 amide bonds. The van der Waals surface area contributed by atoms with Crippen molar-refractivity contribution in [1.82, 2.24) is 10.0 Å². The molecule has 0 N–H and O–H groups in total. The van der Waals surface area contributed by atoms with Gasteiger partial charge in [-0.3, -0.25) is 14.4 Å². The SMILES string of the molecule is O=C(c1ccccc1Cl)N(Cc1ccccc1)N1C(=O)[C@H]2CCCC[C@@H]2C1=O. The molecule has 0 spiro atoms. The molecule has 28 heavy (non-hydrogen) atoms. The third-order valence-corrected chi connectivity index (χ3v) is 5.90. The highest BCUT2D eigenvalue weighted by Gasteiger charge is 2.51. The quantitative estimate of drug-likeness (QED) is 0.732. The van der Waals surface area contributed by atoms with Crippen molar-refractivity contribution in [2.75, 3.05) is 0 Å². The summed E-state index contributed by atoms with van der Waals surface area (Å²) in [4.78, 5) is 39.5. The smallest absolute Gasteiger partial charge is 0.272 e. The minimum atomic E-state index is -0.449.